The number of carbonyl (C=O) groups excluding carboxylic acids is 1. The molecule has 0 spiro atoms. The van der Waals surface area contributed by atoms with Crippen LogP contribution in [0.4, 0.5) is 5.69 Å². The normalized spacial score (nSPS) is 16.3. The van der Waals surface area contributed by atoms with Gasteiger partial charge in [-0.05, 0) is 66.6 Å². The number of benzene rings is 2. The van der Waals surface area contributed by atoms with Crippen molar-refractivity contribution in [3.63, 3.8) is 0 Å². The van der Waals surface area contributed by atoms with E-state index in [1.54, 1.807) is 14.2 Å². The fraction of sp³-hybridized carbons (Fsp3) is 0.458. The number of fused-ring (bicyclic) bond motifs is 1. The van der Waals surface area contributed by atoms with E-state index >= 15 is 0 Å². The molecule has 2 aliphatic heterocycles. The summed E-state index contributed by atoms with van der Waals surface area (Å²) in [5.74, 6) is 1.64. The third-order valence-electron chi connectivity index (χ3n) is 6.08. The summed E-state index contributed by atoms with van der Waals surface area (Å²) in [5, 5.41) is 0. The van der Waals surface area contributed by atoms with E-state index in [2.05, 4.69) is 29.2 Å². The second-order valence-corrected chi connectivity index (χ2v) is 7.93. The Morgan fingerprint density at radius 1 is 0.897 bits per heavy atom. The molecule has 5 heteroatoms. The molecule has 0 radical (unpaired) electrons. The van der Waals surface area contributed by atoms with Crippen LogP contribution in [0.25, 0.3) is 0 Å². The molecule has 29 heavy (non-hydrogen) atoms. The molecule has 0 aliphatic carbocycles. The summed E-state index contributed by atoms with van der Waals surface area (Å²) >= 11 is 0. The quantitative estimate of drug-likeness (QED) is 0.773. The summed E-state index contributed by atoms with van der Waals surface area (Å²) in [6.45, 7) is 3.65. The van der Waals surface area contributed by atoms with Crippen molar-refractivity contribution in [2.45, 2.75) is 38.6 Å². The van der Waals surface area contributed by atoms with E-state index in [9.17, 15) is 4.79 Å². The maximum Gasteiger partial charge on any atom is 0.227 e. The van der Waals surface area contributed by atoms with Crippen LogP contribution in [0.3, 0.4) is 0 Å². The van der Waals surface area contributed by atoms with E-state index in [4.69, 9.17) is 9.47 Å². The van der Waals surface area contributed by atoms with Crippen molar-refractivity contribution in [1.82, 2.24) is 4.90 Å². The van der Waals surface area contributed by atoms with Crippen LogP contribution in [0, 0.1) is 0 Å². The number of nitrogens with zero attached hydrogens (tertiary/aromatic N) is 2. The minimum Gasteiger partial charge on any atom is -0.493 e. The second-order valence-electron chi connectivity index (χ2n) is 7.93. The molecular formula is C24H30N2O3. The number of amides is 1. The number of hydrogen-bond donors (Lipinski definition) is 0. The van der Waals surface area contributed by atoms with E-state index in [1.807, 2.05) is 17.0 Å². The lowest BCUT2D eigenvalue weighted by Gasteiger charge is -2.30. The lowest BCUT2D eigenvalue weighted by molar-refractivity contribution is -0.131. The summed E-state index contributed by atoms with van der Waals surface area (Å²) in [7, 11) is 3.29. The summed E-state index contributed by atoms with van der Waals surface area (Å²) in [4.78, 5) is 17.3. The molecular weight excluding hydrogens is 364 g/mol. The fourth-order valence-corrected chi connectivity index (χ4v) is 4.36. The molecule has 0 atom stereocenters. The van der Waals surface area contributed by atoms with Gasteiger partial charge in [0, 0.05) is 31.9 Å². The van der Waals surface area contributed by atoms with Gasteiger partial charge in [-0.3, -0.25) is 4.79 Å². The molecule has 2 aromatic carbocycles. The minimum atomic E-state index is 0.177. The van der Waals surface area contributed by atoms with E-state index in [-0.39, 0.29) is 5.91 Å². The van der Waals surface area contributed by atoms with E-state index in [1.165, 1.54) is 30.5 Å². The van der Waals surface area contributed by atoms with Crippen LogP contribution in [0.2, 0.25) is 0 Å². The van der Waals surface area contributed by atoms with Crippen LogP contribution >= 0.6 is 0 Å². The average molecular weight is 395 g/mol. The molecule has 0 N–H and O–H groups in total. The van der Waals surface area contributed by atoms with Crippen molar-refractivity contribution >= 4 is 11.6 Å². The SMILES string of the molecule is COc1cc2c(cc1OC)CN(C(=O)Cc1ccc(N3CCCCC3)cc1)CC2. The molecule has 0 unspecified atom stereocenters. The molecule has 4 rings (SSSR count). The first-order chi connectivity index (χ1) is 14.2. The standard InChI is InChI=1S/C24H30N2O3/c1-28-22-15-19-10-13-26(17-20(19)16-23(22)29-2)24(27)14-18-6-8-21(9-7-18)25-11-4-3-5-12-25/h6-9,15-16H,3-5,10-14,17H2,1-2H3. The van der Waals surface area contributed by atoms with Crippen molar-refractivity contribution in [2.75, 3.05) is 38.8 Å². The number of hydrogen-bond acceptors (Lipinski definition) is 4. The Kier molecular flexibility index (Phi) is 5.93. The summed E-state index contributed by atoms with van der Waals surface area (Å²) in [6, 6.07) is 12.6. The number of carbonyl (C=O) groups is 1. The molecule has 1 amide bonds. The smallest absolute Gasteiger partial charge is 0.227 e. The monoisotopic (exact) mass is 394 g/mol. The third-order valence-corrected chi connectivity index (χ3v) is 6.08. The predicted octanol–water partition coefficient (Wildman–Crippen LogP) is 3.82. The Hall–Kier alpha value is -2.69. The molecule has 2 heterocycles. The van der Waals surface area contributed by atoms with Crippen LogP contribution in [0.5, 0.6) is 11.5 Å². The first-order valence-electron chi connectivity index (χ1n) is 10.5. The Labute approximate surface area is 173 Å². The van der Waals surface area contributed by atoms with Crippen molar-refractivity contribution in [3.8, 4) is 11.5 Å². The van der Waals surface area contributed by atoms with Crippen molar-refractivity contribution < 1.29 is 14.3 Å². The number of ether oxygens (including phenoxy) is 2. The Morgan fingerprint density at radius 2 is 1.55 bits per heavy atom. The van der Waals surface area contributed by atoms with Crippen LogP contribution in [-0.4, -0.2) is 44.7 Å². The second kappa shape index (κ2) is 8.76. The number of piperidine rings is 1. The van der Waals surface area contributed by atoms with Crippen molar-refractivity contribution in [1.29, 1.82) is 0 Å². The molecule has 154 valence electrons. The zero-order valence-corrected chi connectivity index (χ0v) is 17.4. The topological polar surface area (TPSA) is 42.0 Å². The molecule has 0 saturated carbocycles. The van der Waals surface area contributed by atoms with Crippen molar-refractivity contribution in [3.05, 3.63) is 53.1 Å². The highest BCUT2D eigenvalue weighted by atomic mass is 16.5. The zero-order chi connectivity index (χ0) is 20.2. The number of methoxy groups -OCH3 is 2. The van der Waals surface area contributed by atoms with Gasteiger partial charge in [0.15, 0.2) is 11.5 Å². The highest BCUT2D eigenvalue weighted by Crippen LogP contribution is 2.33. The van der Waals surface area contributed by atoms with E-state index in [0.29, 0.717) is 18.7 Å². The highest BCUT2D eigenvalue weighted by molar-refractivity contribution is 5.79. The largest absolute Gasteiger partial charge is 0.493 e. The van der Waals surface area contributed by atoms with Gasteiger partial charge >= 0.3 is 0 Å². The molecule has 2 aromatic rings. The molecule has 0 bridgehead atoms. The van der Waals surface area contributed by atoms with E-state index in [0.717, 1.165) is 42.9 Å². The molecule has 5 nitrogen and oxygen atoms in total. The van der Waals surface area contributed by atoms with Gasteiger partial charge in [0.05, 0.1) is 20.6 Å². The van der Waals surface area contributed by atoms with Crippen LogP contribution < -0.4 is 14.4 Å². The Morgan fingerprint density at radius 3 is 2.21 bits per heavy atom. The highest BCUT2D eigenvalue weighted by Gasteiger charge is 2.23. The fourth-order valence-electron chi connectivity index (χ4n) is 4.36. The van der Waals surface area contributed by atoms with Gasteiger partial charge in [-0.2, -0.15) is 0 Å². The van der Waals surface area contributed by atoms with Gasteiger partial charge in [-0.25, -0.2) is 0 Å². The third kappa shape index (κ3) is 4.34. The Bertz CT molecular complexity index is 857. The van der Waals surface area contributed by atoms with Gasteiger partial charge in [0.2, 0.25) is 5.91 Å². The van der Waals surface area contributed by atoms with Crippen LogP contribution in [-0.2, 0) is 24.2 Å². The maximum absolute atomic E-state index is 12.9. The first-order valence-corrected chi connectivity index (χ1v) is 10.5. The lowest BCUT2D eigenvalue weighted by atomic mass is 9.98. The summed E-state index contributed by atoms with van der Waals surface area (Å²) < 4.78 is 10.8. The van der Waals surface area contributed by atoms with Gasteiger partial charge in [-0.1, -0.05) is 12.1 Å². The lowest BCUT2D eigenvalue weighted by Crippen LogP contribution is -2.37. The van der Waals surface area contributed by atoms with Crippen molar-refractivity contribution in [2.24, 2.45) is 0 Å². The summed E-state index contributed by atoms with van der Waals surface area (Å²) in [5.41, 5.74) is 4.72. The Balaban J connectivity index is 1.40. The number of rotatable bonds is 5. The van der Waals surface area contributed by atoms with Gasteiger partial charge in [0.1, 0.15) is 0 Å². The van der Waals surface area contributed by atoms with Gasteiger partial charge < -0.3 is 19.3 Å². The molecule has 1 saturated heterocycles. The molecule has 0 aromatic heterocycles. The maximum atomic E-state index is 12.9. The van der Waals surface area contributed by atoms with E-state index < -0.39 is 0 Å². The predicted molar refractivity (Wildman–Crippen MR) is 115 cm³/mol. The van der Waals surface area contributed by atoms with Crippen LogP contribution in [0.1, 0.15) is 36.0 Å². The van der Waals surface area contributed by atoms with Gasteiger partial charge in [-0.15, -0.1) is 0 Å². The zero-order valence-electron chi connectivity index (χ0n) is 17.4. The average Bonchev–Trinajstić information content (AvgIpc) is 2.78. The molecule has 1 fully saturated rings. The molecule has 2 aliphatic rings. The van der Waals surface area contributed by atoms with Crippen LogP contribution in [0.15, 0.2) is 36.4 Å². The first kappa shape index (κ1) is 19.6. The minimum absolute atomic E-state index is 0.177. The summed E-state index contributed by atoms with van der Waals surface area (Å²) in [6.07, 6.45) is 5.17. The van der Waals surface area contributed by atoms with Gasteiger partial charge in [0.25, 0.3) is 0 Å². The number of anilines is 1.